The zero-order valence-electron chi connectivity index (χ0n) is 4.84. The summed E-state index contributed by atoms with van der Waals surface area (Å²) >= 11 is 19.6. The fraction of sp³-hybridized carbons (Fsp3) is 0.333. The van der Waals surface area contributed by atoms with Crippen molar-refractivity contribution in [3.63, 3.8) is 0 Å². The molecule has 1 unspecified atom stereocenters. The van der Waals surface area contributed by atoms with Gasteiger partial charge in [0.15, 0.2) is 0 Å². The number of amidine groups is 2. The van der Waals surface area contributed by atoms with Gasteiger partial charge in [0, 0.05) is 0 Å². The lowest BCUT2D eigenvalue weighted by Gasteiger charge is -2.19. The second-order valence-electron chi connectivity index (χ2n) is 1.40. The lowest BCUT2D eigenvalue weighted by Crippen LogP contribution is -2.27. The van der Waals surface area contributed by atoms with Crippen LogP contribution in [-0.4, -0.2) is 20.1 Å². The van der Waals surface area contributed by atoms with Crippen molar-refractivity contribution >= 4 is 78.5 Å². The minimum Gasteiger partial charge on any atom is -0.245 e. The molecule has 0 saturated carbocycles. The van der Waals surface area contributed by atoms with Gasteiger partial charge in [-0.2, -0.15) is 4.99 Å². The van der Waals surface area contributed by atoms with Gasteiger partial charge >= 0.3 is 0 Å². The Labute approximate surface area is 97.5 Å². The second kappa shape index (κ2) is 4.87. The molecule has 0 N–H and O–H groups in total. The summed E-state index contributed by atoms with van der Waals surface area (Å²) in [6.07, 6.45) is 0. The largest absolute Gasteiger partial charge is 0.245 e. The van der Waals surface area contributed by atoms with Crippen molar-refractivity contribution in [2.24, 2.45) is 9.98 Å². The summed E-state index contributed by atoms with van der Waals surface area (Å²) in [5, 5.41) is 0.223. The van der Waals surface area contributed by atoms with Gasteiger partial charge < -0.3 is 0 Å². The van der Waals surface area contributed by atoms with E-state index in [-0.39, 0.29) is 27.6 Å². The highest BCUT2D eigenvalue weighted by Crippen LogP contribution is 2.19. The van der Waals surface area contributed by atoms with E-state index < -0.39 is 5.62 Å². The fourth-order valence-corrected chi connectivity index (χ4v) is 1.22. The van der Waals surface area contributed by atoms with E-state index in [1.54, 1.807) is 0 Å². The number of hydrogen-bond donors (Lipinski definition) is 0. The van der Waals surface area contributed by atoms with Crippen molar-refractivity contribution in [2.45, 2.75) is 5.62 Å². The highest BCUT2D eigenvalue weighted by atomic mass is 79.9. The zero-order chi connectivity index (χ0) is 7.72. The first kappa shape index (κ1) is 12.0. The molecule has 1 heterocycles. The predicted octanol–water partition coefficient (Wildman–Crippen LogP) is 2.90. The SMILES string of the molecule is Br.ClC1=NC(Cl)N(Br)C(Cl)=N1. The molecule has 0 aliphatic carbocycles. The highest BCUT2D eigenvalue weighted by molar-refractivity contribution is 9.07. The molecule has 3 nitrogen and oxygen atoms in total. The number of hydrogen-bond acceptors (Lipinski definition) is 3. The van der Waals surface area contributed by atoms with Gasteiger partial charge in [0.2, 0.25) is 16.2 Å². The maximum atomic E-state index is 5.60. The Balaban J connectivity index is 0.000001000. The highest BCUT2D eigenvalue weighted by Gasteiger charge is 2.20. The van der Waals surface area contributed by atoms with E-state index in [1.807, 2.05) is 0 Å². The van der Waals surface area contributed by atoms with E-state index in [9.17, 15) is 0 Å². The van der Waals surface area contributed by atoms with Crippen LogP contribution in [0.1, 0.15) is 0 Å². The molecule has 0 saturated heterocycles. The van der Waals surface area contributed by atoms with E-state index in [2.05, 4.69) is 26.1 Å². The van der Waals surface area contributed by atoms with Crippen LogP contribution in [0.4, 0.5) is 0 Å². The molecule has 0 aromatic carbocycles. The number of aliphatic imine (C=N–C) groups is 2. The first-order valence-electron chi connectivity index (χ1n) is 2.18. The van der Waals surface area contributed by atoms with Crippen LogP contribution in [0.15, 0.2) is 9.98 Å². The maximum Gasteiger partial charge on any atom is 0.223 e. The Morgan fingerprint density at radius 2 is 2.00 bits per heavy atom. The normalized spacial score (nSPS) is 23.6. The molecule has 0 aromatic heterocycles. The van der Waals surface area contributed by atoms with Gasteiger partial charge in [-0.25, -0.2) is 8.92 Å². The Morgan fingerprint density at radius 1 is 1.45 bits per heavy atom. The minimum absolute atomic E-state index is 0. The van der Waals surface area contributed by atoms with E-state index in [4.69, 9.17) is 34.8 Å². The minimum atomic E-state index is -0.627. The van der Waals surface area contributed by atoms with Crippen molar-refractivity contribution in [2.75, 3.05) is 0 Å². The Morgan fingerprint density at radius 3 is 2.45 bits per heavy atom. The molecule has 0 fully saturated rings. The molecule has 1 aliphatic rings. The lowest BCUT2D eigenvalue weighted by atomic mass is 10.9. The zero-order valence-corrected chi connectivity index (χ0v) is 10.4. The molecule has 0 radical (unpaired) electrons. The Hall–Kier alpha value is 0.970. The van der Waals surface area contributed by atoms with Gasteiger partial charge in [0.05, 0.1) is 16.1 Å². The molecule has 8 heteroatoms. The van der Waals surface area contributed by atoms with Gasteiger partial charge in [-0.15, -0.1) is 17.0 Å². The van der Waals surface area contributed by atoms with E-state index in [0.29, 0.717) is 0 Å². The average Bonchev–Trinajstić information content (AvgIpc) is 1.82. The summed E-state index contributed by atoms with van der Waals surface area (Å²) in [5.41, 5.74) is -0.627. The molecular formula is C3H2Br2Cl3N3. The van der Waals surface area contributed by atoms with Gasteiger partial charge in [0.25, 0.3) is 0 Å². The second-order valence-corrected chi connectivity index (χ2v) is 3.23. The van der Waals surface area contributed by atoms with Crippen LogP contribution in [0.5, 0.6) is 0 Å². The number of halogens is 5. The summed E-state index contributed by atoms with van der Waals surface area (Å²) < 4.78 is 1.31. The van der Waals surface area contributed by atoms with Crippen LogP contribution in [0.2, 0.25) is 0 Å². The van der Waals surface area contributed by atoms with Crippen LogP contribution in [0.25, 0.3) is 0 Å². The fourth-order valence-electron chi connectivity index (χ4n) is 0.379. The maximum absolute atomic E-state index is 5.60. The number of alkyl halides is 1. The first-order valence-corrected chi connectivity index (χ1v) is 4.08. The Bertz CT molecular complexity index is 206. The Kier molecular flexibility index (Phi) is 5.29. The summed E-state index contributed by atoms with van der Waals surface area (Å²) in [6, 6.07) is 0. The third-order valence-electron chi connectivity index (χ3n) is 0.761. The molecule has 11 heavy (non-hydrogen) atoms. The van der Waals surface area contributed by atoms with Gasteiger partial charge in [0.1, 0.15) is 0 Å². The number of rotatable bonds is 0. The summed E-state index contributed by atoms with van der Waals surface area (Å²) in [6.45, 7) is 0. The molecule has 0 aromatic rings. The molecule has 64 valence electrons. The van der Waals surface area contributed by atoms with Crippen LogP contribution in [0.3, 0.4) is 0 Å². The monoisotopic (exact) mass is 343 g/mol. The molecule has 0 amide bonds. The quantitative estimate of drug-likeness (QED) is 0.377. The van der Waals surface area contributed by atoms with Crippen molar-refractivity contribution in [3.8, 4) is 0 Å². The first-order chi connectivity index (χ1) is 4.61. The average molecular weight is 346 g/mol. The predicted molar refractivity (Wildman–Crippen MR) is 57.3 cm³/mol. The van der Waals surface area contributed by atoms with Crippen LogP contribution < -0.4 is 0 Å². The smallest absolute Gasteiger partial charge is 0.223 e. The van der Waals surface area contributed by atoms with E-state index in [1.165, 1.54) is 3.93 Å². The summed E-state index contributed by atoms with van der Waals surface area (Å²) in [5.74, 6) is 0. The van der Waals surface area contributed by atoms with Crippen molar-refractivity contribution in [3.05, 3.63) is 0 Å². The van der Waals surface area contributed by atoms with Gasteiger partial charge in [-0.05, 0) is 23.2 Å². The molecule has 1 atom stereocenters. The molecule has 1 rings (SSSR count). The molecular weight excluding hydrogens is 344 g/mol. The van der Waals surface area contributed by atoms with Crippen molar-refractivity contribution in [1.82, 2.24) is 3.93 Å². The number of nitrogens with zero attached hydrogens (tertiary/aromatic N) is 3. The van der Waals surface area contributed by atoms with Crippen molar-refractivity contribution < 1.29 is 0 Å². The van der Waals surface area contributed by atoms with E-state index in [0.717, 1.165) is 0 Å². The van der Waals surface area contributed by atoms with Gasteiger partial charge in [-0.3, -0.25) is 0 Å². The third-order valence-corrected chi connectivity index (χ3v) is 2.67. The van der Waals surface area contributed by atoms with Crippen molar-refractivity contribution in [1.29, 1.82) is 0 Å². The van der Waals surface area contributed by atoms with E-state index >= 15 is 0 Å². The van der Waals surface area contributed by atoms with Gasteiger partial charge in [-0.1, -0.05) is 11.6 Å². The lowest BCUT2D eigenvalue weighted by molar-refractivity contribution is 0.654. The molecule has 0 spiro atoms. The van der Waals surface area contributed by atoms with Crippen LogP contribution in [0, 0.1) is 0 Å². The van der Waals surface area contributed by atoms with Crippen LogP contribution in [-0.2, 0) is 0 Å². The third kappa shape index (κ3) is 3.06. The standard InChI is InChI=1S/C3HBrCl3N3.BrH/c4-10-2(6)8-1(5)9-3(10)7;/h2H;1H. The molecule has 0 bridgehead atoms. The topological polar surface area (TPSA) is 28.0 Å². The summed E-state index contributed by atoms with van der Waals surface area (Å²) in [4.78, 5) is 7.27. The summed E-state index contributed by atoms with van der Waals surface area (Å²) in [7, 11) is 0. The molecule has 1 aliphatic heterocycles. The van der Waals surface area contributed by atoms with Crippen LogP contribution >= 0.6 is 67.9 Å².